The molecule has 4 aliphatic carbocycles. The van der Waals surface area contributed by atoms with Gasteiger partial charge in [-0.1, -0.05) is 66.2 Å². The third kappa shape index (κ3) is 11.4. The summed E-state index contributed by atoms with van der Waals surface area (Å²) in [6.07, 6.45) is 27.0. The van der Waals surface area contributed by atoms with Crippen LogP contribution in [-0.4, -0.2) is 68.2 Å². The van der Waals surface area contributed by atoms with Crippen LogP contribution in [0.5, 0.6) is 0 Å². The molecule has 0 radical (unpaired) electrons. The molecule has 4 N–H and O–H groups in total. The molecule has 4 fully saturated rings. The Labute approximate surface area is 320 Å². The molecule has 0 aromatic heterocycles. The molecule has 0 heterocycles. The van der Waals surface area contributed by atoms with E-state index < -0.39 is 0 Å². The SMILES string of the molecule is CCCCCCCCN(CCC[C@@H](C)[C@H]1CC[C@H]2[C@@H]3CC[C@@H]4C[C@H](OCCCN)CC[C@]4(C)[C@H]3C[C@H](OCCCN)[C@]12C)C(=O)CCCCCS. The molecule has 0 aliphatic heterocycles. The third-order valence-corrected chi connectivity index (χ3v) is 15.4. The molecule has 1 amide bonds. The number of nitrogens with two attached hydrogens (primary N) is 2. The van der Waals surface area contributed by atoms with Crippen LogP contribution in [0.15, 0.2) is 0 Å². The molecule has 0 aromatic rings. The average Bonchev–Trinajstić information content (AvgIpc) is 3.49. The number of fused-ring (bicyclic) bond motifs is 5. The fourth-order valence-electron chi connectivity index (χ4n) is 12.1. The lowest BCUT2D eigenvalue weighted by Gasteiger charge is -2.63. The predicted molar refractivity (Wildman–Crippen MR) is 218 cm³/mol. The molecular weight excluding hydrogens is 651 g/mol. The van der Waals surface area contributed by atoms with E-state index >= 15 is 0 Å². The number of unbranched alkanes of at least 4 members (excludes halogenated alkanes) is 7. The quantitative estimate of drug-likeness (QED) is 0.0642. The van der Waals surface area contributed by atoms with E-state index in [1.807, 2.05) is 0 Å². The van der Waals surface area contributed by atoms with E-state index in [0.29, 0.717) is 48.3 Å². The topological polar surface area (TPSA) is 90.8 Å². The fourth-order valence-corrected chi connectivity index (χ4v) is 12.4. The molecule has 10 atom stereocenters. The minimum atomic E-state index is 0.224. The number of nitrogens with zero attached hydrogens (tertiary/aromatic N) is 1. The molecule has 0 saturated heterocycles. The van der Waals surface area contributed by atoms with Crippen molar-refractivity contribution in [3.05, 3.63) is 0 Å². The van der Waals surface area contributed by atoms with Crippen LogP contribution in [0, 0.1) is 46.3 Å². The van der Waals surface area contributed by atoms with Gasteiger partial charge in [-0.15, -0.1) is 0 Å². The largest absolute Gasteiger partial charge is 0.378 e. The van der Waals surface area contributed by atoms with E-state index in [2.05, 4.69) is 45.2 Å². The van der Waals surface area contributed by atoms with Gasteiger partial charge in [-0.25, -0.2) is 0 Å². The molecular formula is C44H83N3O3S. The van der Waals surface area contributed by atoms with E-state index in [-0.39, 0.29) is 5.41 Å². The first-order chi connectivity index (χ1) is 24.7. The summed E-state index contributed by atoms with van der Waals surface area (Å²) in [4.78, 5) is 15.7. The number of hydrogen-bond acceptors (Lipinski definition) is 6. The van der Waals surface area contributed by atoms with Crippen molar-refractivity contribution in [3.8, 4) is 0 Å². The summed E-state index contributed by atoms with van der Waals surface area (Å²) >= 11 is 4.37. The maximum absolute atomic E-state index is 13.4. The first kappa shape index (κ1) is 43.4. The van der Waals surface area contributed by atoms with Gasteiger partial charge in [-0.2, -0.15) is 12.6 Å². The highest BCUT2D eigenvalue weighted by atomic mass is 32.1. The number of thiol groups is 1. The van der Waals surface area contributed by atoms with Crippen molar-refractivity contribution >= 4 is 18.5 Å². The van der Waals surface area contributed by atoms with Crippen LogP contribution in [-0.2, 0) is 14.3 Å². The van der Waals surface area contributed by atoms with Gasteiger partial charge in [0, 0.05) is 32.7 Å². The van der Waals surface area contributed by atoms with Crippen molar-refractivity contribution in [2.24, 2.45) is 57.8 Å². The Morgan fingerprint density at radius 3 is 2.25 bits per heavy atom. The lowest BCUT2D eigenvalue weighted by atomic mass is 9.43. The number of carbonyl (C=O) groups is 1. The lowest BCUT2D eigenvalue weighted by Crippen LogP contribution is -2.59. The van der Waals surface area contributed by atoms with Gasteiger partial charge in [0.2, 0.25) is 5.91 Å². The maximum atomic E-state index is 13.4. The summed E-state index contributed by atoms with van der Waals surface area (Å²) in [6.45, 7) is 15.0. The van der Waals surface area contributed by atoms with Crippen LogP contribution >= 0.6 is 12.6 Å². The molecule has 6 nitrogen and oxygen atoms in total. The average molecular weight is 734 g/mol. The molecule has 51 heavy (non-hydrogen) atoms. The Balaban J connectivity index is 1.40. The second-order valence-corrected chi connectivity index (χ2v) is 18.6. The van der Waals surface area contributed by atoms with Crippen molar-refractivity contribution in [1.29, 1.82) is 0 Å². The van der Waals surface area contributed by atoms with Gasteiger partial charge in [0.25, 0.3) is 0 Å². The van der Waals surface area contributed by atoms with Crippen LogP contribution in [0.25, 0.3) is 0 Å². The monoisotopic (exact) mass is 734 g/mol. The van der Waals surface area contributed by atoms with Gasteiger partial charge in [0.05, 0.1) is 12.2 Å². The molecule has 0 bridgehead atoms. The molecule has 4 saturated carbocycles. The number of amides is 1. The minimum Gasteiger partial charge on any atom is -0.378 e. The van der Waals surface area contributed by atoms with Crippen LogP contribution in [0.2, 0.25) is 0 Å². The van der Waals surface area contributed by atoms with E-state index in [1.165, 1.54) is 89.9 Å². The molecule has 4 aliphatic rings. The van der Waals surface area contributed by atoms with Crippen molar-refractivity contribution < 1.29 is 14.3 Å². The predicted octanol–water partition coefficient (Wildman–Crippen LogP) is 9.82. The Bertz CT molecular complexity index is 985. The molecule has 0 spiro atoms. The van der Waals surface area contributed by atoms with Gasteiger partial charge in [-0.3, -0.25) is 4.79 Å². The summed E-state index contributed by atoms with van der Waals surface area (Å²) in [5.74, 6) is 5.74. The van der Waals surface area contributed by atoms with E-state index in [4.69, 9.17) is 20.9 Å². The second-order valence-electron chi connectivity index (χ2n) is 18.2. The van der Waals surface area contributed by atoms with Gasteiger partial charge in [0.1, 0.15) is 0 Å². The fraction of sp³-hybridized carbons (Fsp3) is 0.977. The molecule has 7 heteroatoms. The molecule has 298 valence electrons. The van der Waals surface area contributed by atoms with E-state index in [0.717, 1.165) is 107 Å². The zero-order chi connectivity index (χ0) is 36.7. The standard InChI is InChI=1S/C44H83N3O3S/c1-5-6-7-8-9-12-27-47(42(48)18-11-10-13-31-51)28-14-17-34(2)38-21-22-39-37-20-19-35-32-36(49-29-15-25-45)23-24-43(35,3)40(37)33-41(44(38,39)4)50-30-16-26-46/h34-41,51H,5-33,45-46H2,1-4H3/t34-,35-,36-,37+,38-,39+,40+,41+,43+,44-/m1/s1. The highest BCUT2D eigenvalue weighted by molar-refractivity contribution is 7.80. The third-order valence-electron chi connectivity index (χ3n) is 15.1. The van der Waals surface area contributed by atoms with E-state index in [1.54, 1.807) is 0 Å². The van der Waals surface area contributed by atoms with Crippen LogP contribution in [0.3, 0.4) is 0 Å². The number of carbonyl (C=O) groups excluding carboxylic acids is 1. The van der Waals surface area contributed by atoms with Crippen LogP contribution < -0.4 is 11.5 Å². The first-order valence-corrected chi connectivity index (χ1v) is 22.9. The van der Waals surface area contributed by atoms with Gasteiger partial charge < -0.3 is 25.8 Å². The van der Waals surface area contributed by atoms with Gasteiger partial charge in [-0.05, 0) is 161 Å². The Morgan fingerprint density at radius 1 is 0.804 bits per heavy atom. The maximum Gasteiger partial charge on any atom is 0.222 e. The van der Waals surface area contributed by atoms with Crippen LogP contribution in [0.1, 0.15) is 169 Å². The summed E-state index contributed by atoms with van der Waals surface area (Å²) in [6, 6.07) is 0. The highest BCUT2D eigenvalue weighted by Crippen LogP contribution is 2.69. The Hall–Kier alpha value is -0.340. The second kappa shape index (κ2) is 22.3. The zero-order valence-corrected chi connectivity index (χ0v) is 34.8. The minimum absolute atomic E-state index is 0.224. The zero-order valence-electron chi connectivity index (χ0n) is 33.9. The van der Waals surface area contributed by atoms with Crippen molar-refractivity contribution in [2.45, 2.75) is 181 Å². The summed E-state index contributed by atoms with van der Waals surface area (Å²) < 4.78 is 13.4. The normalized spacial score (nSPS) is 33.7. The summed E-state index contributed by atoms with van der Waals surface area (Å²) in [7, 11) is 0. The van der Waals surface area contributed by atoms with Crippen molar-refractivity contribution in [1.82, 2.24) is 4.90 Å². The summed E-state index contributed by atoms with van der Waals surface area (Å²) in [5, 5.41) is 0. The lowest BCUT2D eigenvalue weighted by molar-refractivity contribution is -0.192. The number of ether oxygens (including phenoxy) is 2. The Kier molecular flexibility index (Phi) is 18.9. The number of rotatable bonds is 25. The van der Waals surface area contributed by atoms with Crippen molar-refractivity contribution in [2.75, 3.05) is 45.1 Å². The van der Waals surface area contributed by atoms with E-state index in [9.17, 15) is 4.79 Å². The number of hydrogen-bond donors (Lipinski definition) is 3. The molecule has 4 rings (SSSR count). The molecule has 0 unspecified atom stereocenters. The molecule has 0 aromatic carbocycles. The van der Waals surface area contributed by atoms with Gasteiger partial charge >= 0.3 is 0 Å². The highest BCUT2D eigenvalue weighted by Gasteiger charge is 2.64. The Morgan fingerprint density at radius 2 is 1.51 bits per heavy atom. The van der Waals surface area contributed by atoms with Gasteiger partial charge in [0.15, 0.2) is 0 Å². The summed E-state index contributed by atoms with van der Waals surface area (Å²) in [5.41, 5.74) is 12.4. The van der Waals surface area contributed by atoms with Crippen molar-refractivity contribution in [3.63, 3.8) is 0 Å². The smallest absolute Gasteiger partial charge is 0.222 e. The first-order valence-electron chi connectivity index (χ1n) is 22.3. The van der Waals surface area contributed by atoms with Crippen LogP contribution in [0.4, 0.5) is 0 Å².